The van der Waals surface area contributed by atoms with Crippen molar-refractivity contribution >= 4 is 17.4 Å². The molecule has 0 atom stereocenters. The first-order valence-corrected chi connectivity index (χ1v) is 6.34. The molecule has 2 aromatic rings. The van der Waals surface area contributed by atoms with Gasteiger partial charge in [-0.05, 0) is 30.3 Å². The summed E-state index contributed by atoms with van der Waals surface area (Å²) in [6.45, 7) is -0.470. The molecule has 0 aliphatic carbocycles. The highest BCUT2D eigenvalue weighted by atomic mass is 32.2. The van der Waals surface area contributed by atoms with Crippen LogP contribution in [0.15, 0.2) is 46.2 Å². The van der Waals surface area contributed by atoms with E-state index in [9.17, 15) is 18.9 Å². The second-order valence-corrected chi connectivity index (χ2v) is 5.03. The Hall–Kier alpha value is -1.99. The fraction of sp³-hybridized carbons (Fsp3) is 0.0769. The number of nitro groups is 1. The van der Waals surface area contributed by atoms with Gasteiger partial charge in [0.2, 0.25) is 0 Å². The Kier molecular flexibility index (Phi) is 4.31. The van der Waals surface area contributed by atoms with Crippen molar-refractivity contribution in [2.24, 2.45) is 0 Å². The molecule has 20 heavy (non-hydrogen) atoms. The van der Waals surface area contributed by atoms with Crippen LogP contribution in [0.3, 0.4) is 0 Å². The minimum absolute atomic E-state index is 0.169. The van der Waals surface area contributed by atoms with Crippen LogP contribution in [0.25, 0.3) is 0 Å². The fourth-order valence-electron chi connectivity index (χ4n) is 1.61. The van der Waals surface area contributed by atoms with E-state index in [0.29, 0.717) is 9.79 Å². The van der Waals surface area contributed by atoms with Crippen LogP contribution in [0.2, 0.25) is 0 Å². The first-order chi connectivity index (χ1) is 9.51. The third-order valence-corrected chi connectivity index (χ3v) is 3.52. The van der Waals surface area contributed by atoms with Crippen LogP contribution in [-0.4, -0.2) is 10.0 Å². The number of rotatable bonds is 4. The Morgan fingerprint density at radius 1 is 1.10 bits per heavy atom. The number of nitro benzene ring substituents is 1. The van der Waals surface area contributed by atoms with Crippen molar-refractivity contribution in [3.63, 3.8) is 0 Å². The number of nitrogens with zero attached hydrogens (tertiary/aromatic N) is 1. The standard InChI is InChI=1S/C13H9F2NO3S/c14-11-3-1-10(6-12(11)15)20-9-2-4-13(16(18)19)8(5-9)7-17/h1-6,17H,7H2. The van der Waals surface area contributed by atoms with Crippen molar-refractivity contribution in [3.05, 3.63) is 63.7 Å². The molecule has 2 aromatic carbocycles. The first-order valence-electron chi connectivity index (χ1n) is 5.52. The maximum Gasteiger partial charge on any atom is 0.274 e. The Bertz CT molecular complexity index is 664. The molecule has 4 nitrogen and oxygen atoms in total. The van der Waals surface area contributed by atoms with E-state index in [-0.39, 0.29) is 11.3 Å². The average molecular weight is 297 g/mol. The largest absolute Gasteiger partial charge is 0.391 e. The highest BCUT2D eigenvalue weighted by molar-refractivity contribution is 7.99. The van der Waals surface area contributed by atoms with Crippen LogP contribution in [0.4, 0.5) is 14.5 Å². The van der Waals surface area contributed by atoms with Gasteiger partial charge in [-0.2, -0.15) is 0 Å². The maximum atomic E-state index is 13.1. The predicted molar refractivity (Wildman–Crippen MR) is 69.5 cm³/mol. The highest BCUT2D eigenvalue weighted by Crippen LogP contribution is 2.32. The molecule has 0 unspecified atom stereocenters. The Morgan fingerprint density at radius 3 is 2.35 bits per heavy atom. The molecular weight excluding hydrogens is 288 g/mol. The van der Waals surface area contributed by atoms with E-state index in [1.807, 2.05) is 0 Å². The predicted octanol–water partition coefficient (Wildman–Crippen LogP) is 3.52. The Morgan fingerprint density at radius 2 is 1.75 bits per heavy atom. The molecule has 0 amide bonds. The smallest absolute Gasteiger partial charge is 0.274 e. The van der Waals surface area contributed by atoms with E-state index in [1.54, 1.807) is 0 Å². The van der Waals surface area contributed by atoms with Gasteiger partial charge in [-0.15, -0.1) is 0 Å². The van der Waals surface area contributed by atoms with Crippen molar-refractivity contribution < 1.29 is 18.8 Å². The first kappa shape index (κ1) is 14.4. The van der Waals surface area contributed by atoms with Gasteiger partial charge in [0.25, 0.3) is 5.69 Å². The summed E-state index contributed by atoms with van der Waals surface area (Å²) in [4.78, 5) is 11.2. The zero-order valence-electron chi connectivity index (χ0n) is 10.0. The fourth-order valence-corrected chi connectivity index (χ4v) is 2.51. The van der Waals surface area contributed by atoms with Gasteiger partial charge in [0.1, 0.15) is 0 Å². The SMILES string of the molecule is O=[N+]([O-])c1ccc(Sc2ccc(F)c(F)c2)cc1CO. The molecule has 0 saturated carbocycles. The molecule has 0 heterocycles. The molecule has 0 aliphatic heterocycles. The summed E-state index contributed by atoms with van der Waals surface area (Å²) in [5.41, 5.74) is -0.00952. The van der Waals surface area contributed by atoms with Gasteiger partial charge in [-0.25, -0.2) is 8.78 Å². The van der Waals surface area contributed by atoms with Crippen LogP contribution in [-0.2, 0) is 6.61 Å². The van der Waals surface area contributed by atoms with Gasteiger partial charge in [0.15, 0.2) is 11.6 Å². The molecule has 0 bridgehead atoms. The van der Waals surface area contributed by atoms with Crippen molar-refractivity contribution in [3.8, 4) is 0 Å². The summed E-state index contributed by atoms with van der Waals surface area (Å²) in [5, 5.41) is 19.8. The van der Waals surface area contributed by atoms with E-state index < -0.39 is 23.2 Å². The quantitative estimate of drug-likeness (QED) is 0.693. The highest BCUT2D eigenvalue weighted by Gasteiger charge is 2.14. The summed E-state index contributed by atoms with van der Waals surface area (Å²) in [5.74, 6) is -1.90. The number of benzene rings is 2. The lowest BCUT2D eigenvalue weighted by Gasteiger charge is -2.05. The number of aliphatic hydroxyl groups excluding tert-OH is 1. The molecule has 104 valence electrons. The molecular formula is C13H9F2NO3S. The van der Waals surface area contributed by atoms with Crippen molar-refractivity contribution in [1.29, 1.82) is 0 Å². The lowest BCUT2D eigenvalue weighted by molar-refractivity contribution is -0.385. The monoisotopic (exact) mass is 297 g/mol. The molecule has 2 rings (SSSR count). The molecule has 0 radical (unpaired) electrons. The normalized spacial score (nSPS) is 10.6. The van der Waals surface area contributed by atoms with Crippen LogP contribution >= 0.6 is 11.8 Å². The summed E-state index contributed by atoms with van der Waals surface area (Å²) in [6, 6.07) is 7.67. The zero-order valence-corrected chi connectivity index (χ0v) is 10.9. The van der Waals surface area contributed by atoms with E-state index >= 15 is 0 Å². The zero-order chi connectivity index (χ0) is 14.7. The lowest BCUT2D eigenvalue weighted by atomic mass is 10.2. The molecule has 7 heteroatoms. The number of aliphatic hydroxyl groups is 1. The molecule has 0 aliphatic rings. The number of halogens is 2. The van der Waals surface area contributed by atoms with Gasteiger partial charge in [0, 0.05) is 15.9 Å². The number of hydrogen-bond donors (Lipinski definition) is 1. The van der Waals surface area contributed by atoms with E-state index in [2.05, 4.69) is 0 Å². The molecule has 0 spiro atoms. The summed E-state index contributed by atoms with van der Waals surface area (Å²) in [7, 11) is 0. The van der Waals surface area contributed by atoms with Gasteiger partial charge >= 0.3 is 0 Å². The minimum atomic E-state index is -0.959. The van der Waals surface area contributed by atoms with E-state index in [4.69, 9.17) is 5.11 Å². The summed E-state index contributed by atoms with van der Waals surface area (Å²) >= 11 is 1.12. The topological polar surface area (TPSA) is 63.4 Å². The third-order valence-electron chi connectivity index (χ3n) is 2.54. The molecule has 1 N–H and O–H groups in total. The second kappa shape index (κ2) is 5.98. The van der Waals surface area contributed by atoms with Crippen molar-refractivity contribution in [2.75, 3.05) is 0 Å². The summed E-state index contributed by atoms with van der Waals surface area (Å²) in [6.07, 6.45) is 0. The van der Waals surface area contributed by atoms with Gasteiger partial charge in [0.05, 0.1) is 17.1 Å². The molecule has 0 saturated heterocycles. The maximum absolute atomic E-state index is 13.1. The lowest BCUT2D eigenvalue weighted by Crippen LogP contribution is -1.95. The Balaban J connectivity index is 2.29. The van der Waals surface area contributed by atoms with Gasteiger partial charge in [-0.3, -0.25) is 10.1 Å². The van der Waals surface area contributed by atoms with Gasteiger partial charge < -0.3 is 5.11 Å². The van der Waals surface area contributed by atoms with E-state index in [0.717, 1.165) is 23.9 Å². The van der Waals surface area contributed by atoms with Crippen LogP contribution in [0.5, 0.6) is 0 Å². The summed E-state index contributed by atoms with van der Waals surface area (Å²) < 4.78 is 25.9. The van der Waals surface area contributed by atoms with Crippen molar-refractivity contribution in [1.82, 2.24) is 0 Å². The molecule has 0 aromatic heterocycles. The van der Waals surface area contributed by atoms with E-state index in [1.165, 1.54) is 24.3 Å². The van der Waals surface area contributed by atoms with Crippen LogP contribution in [0, 0.1) is 21.7 Å². The average Bonchev–Trinajstić information content (AvgIpc) is 2.42. The Labute approximate surface area is 117 Å². The van der Waals surface area contributed by atoms with Gasteiger partial charge in [-0.1, -0.05) is 11.8 Å². The van der Waals surface area contributed by atoms with Crippen LogP contribution in [0.1, 0.15) is 5.56 Å². The van der Waals surface area contributed by atoms with Crippen LogP contribution < -0.4 is 0 Å². The van der Waals surface area contributed by atoms with Crippen molar-refractivity contribution in [2.45, 2.75) is 16.4 Å². The second-order valence-electron chi connectivity index (χ2n) is 3.88. The third kappa shape index (κ3) is 3.12. The number of hydrogen-bond acceptors (Lipinski definition) is 4. The minimum Gasteiger partial charge on any atom is -0.391 e. The molecule has 0 fully saturated rings.